The quantitative estimate of drug-likeness (QED) is 0.701. The van der Waals surface area contributed by atoms with E-state index < -0.39 is 15.9 Å². The molecular formula is C16H14INO3S. The number of sulfonamides is 1. The van der Waals surface area contributed by atoms with Crippen LogP contribution in [-0.4, -0.2) is 14.3 Å². The largest absolute Gasteiger partial charge is 0.274 e. The second-order valence-electron chi connectivity index (χ2n) is 4.49. The third-order valence-corrected chi connectivity index (χ3v) is 5.20. The minimum absolute atomic E-state index is 0.355. The SMILES string of the molecule is CC(=O)N(c1ccccc1I)S(=O)(=O)/C=C/c1ccccc1. The molecule has 0 N–H and O–H groups in total. The van der Waals surface area contributed by atoms with Crippen LogP contribution >= 0.6 is 22.6 Å². The van der Waals surface area contributed by atoms with E-state index >= 15 is 0 Å². The van der Waals surface area contributed by atoms with Crippen molar-refractivity contribution >= 4 is 50.3 Å². The van der Waals surface area contributed by atoms with Crippen LogP contribution < -0.4 is 4.31 Å². The van der Waals surface area contributed by atoms with E-state index in [0.717, 1.165) is 15.3 Å². The predicted molar refractivity (Wildman–Crippen MR) is 96.7 cm³/mol. The number of benzene rings is 2. The minimum Gasteiger partial charge on any atom is -0.274 e. The molecule has 0 aliphatic carbocycles. The summed E-state index contributed by atoms with van der Waals surface area (Å²) < 4.78 is 26.5. The minimum atomic E-state index is -3.90. The molecule has 0 aliphatic rings. The Bertz CT molecular complexity index is 801. The highest BCUT2D eigenvalue weighted by atomic mass is 127. The lowest BCUT2D eigenvalue weighted by Crippen LogP contribution is -2.34. The number of halogens is 1. The van der Waals surface area contributed by atoms with Crippen molar-refractivity contribution in [2.75, 3.05) is 4.31 Å². The molecule has 114 valence electrons. The van der Waals surface area contributed by atoms with E-state index in [0.29, 0.717) is 9.26 Å². The molecule has 0 fully saturated rings. The molecule has 6 heteroatoms. The summed E-state index contributed by atoms with van der Waals surface area (Å²) in [6, 6.07) is 15.9. The van der Waals surface area contributed by atoms with Crippen LogP contribution in [0.25, 0.3) is 6.08 Å². The van der Waals surface area contributed by atoms with Crippen LogP contribution in [0.3, 0.4) is 0 Å². The van der Waals surface area contributed by atoms with E-state index in [1.807, 2.05) is 40.8 Å². The Balaban J connectivity index is 2.42. The van der Waals surface area contributed by atoms with Gasteiger partial charge in [-0.2, -0.15) is 0 Å². The van der Waals surface area contributed by atoms with E-state index in [1.54, 1.807) is 36.4 Å². The monoisotopic (exact) mass is 427 g/mol. The first kappa shape index (κ1) is 16.7. The number of carbonyl (C=O) groups excluding carboxylic acids is 1. The zero-order valence-corrected chi connectivity index (χ0v) is 14.8. The third-order valence-electron chi connectivity index (χ3n) is 2.84. The molecule has 0 heterocycles. The van der Waals surface area contributed by atoms with E-state index in [-0.39, 0.29) is 0 Å². The van der Waals surface area contributed by atoms with Crippen LogP contribution in [0.4, 0.5) is 5.69 Å². The van der Waals surface area contributed by atoms with Gasteiger partial charge in [0.1, 0.15) is 0 Å². The van der Waals surface area contributed by atoms with Gasteiger partial charge < -0.3 is 0 Å². The van der Waals surface area contributed by atoms with E-state index in [4.69, 9.17) is 0 Å². The fourth-order valence-corrected chi connectivity index (χ4v) is 3.93. The van der Waals surface area contributed by atoms with Crippen molar-refractivity contribution in [1.29, 1.82) is 0 Å². The molecule has 0 saturated heterocycles. The molecule has 2 rings (SSSR count). The molecule has 0 unspecified atom stereocenters. The van der Waals surface area contributed by atoms with Gasteiger partial charge in [-0.05, 0) is 46.4 Å². The van der Waals surface area contributed by atoms with Crippen molar-refractivity contribution in [2.24, 2.45) is 0 Å². The van der Waals surface area contributed by atoms with Crippen LogP contribution in [0.5, 0.6) is 0 Å². The van der Waals surface area contributed by atoms with Gasteiger partial charge in [0.15, 0.2) is 0 Å². The molecule has 0 bridgehead atoms. The van der Waals surface area contributed by atoms with Crippen molar-refractivity contribution in [3.05, 3.63) is 69.1 Å². The standard InChI is InChI=1S/C16H14INO3S/c1-13(19)18(16-10-6-5-9-15(16)17)22(20,21)12-11-14-7-3-2-4-8-14/h2-12H,1H3/b12-11+. The van der Waals surface area contributed by atoms with Crippen molar-refractivity contribution in [3.8, 4) is 0 Å². The summed E-state index contributed by atoms with van der Waals surface area (Å²) in [5, 5.41) is 1.05. The van der Waals surface area contributed by atoms with E-state index in [9.17, 15) is 13.2 Å². The normalized spacial score (nSPS) is 11.5. The average Bonchev–Trinajstić information content (AvgIpc) is 2.48. The Morgan fingerprint density at radius 1 is 1.05 bits per heavy atom. The number of hydrogen-bond acceptors (Lipinski definition) is 3. The Labute approximate surface area is 143 Å². The molecular weight excluding hydrogens is 413 g/mol. The van der Waals surface area contributed by atoms with Gasteiger partial charge in [0.2, 0.25) is 5.91 Å². The molecule has 1 amide bonds. The number of para-hydroxylation sites is 1. The predicted octanol–water partition coefficient (Wildman–Crippen LogP) is 3.64. The average molecular weight is 427 g/mol. The topological polar surface area (TPSA) is 54.5 Å². The molecule has 0 aliphatic heterocycles. The Hall–Kier alpha value is -1.67. The van der Waals surface area contributed by atoms with E-state index in [2.05, 4.69) is 0 Å². The number of nitrogens with zero attached hydrogens (tertiary/aromatic N) is 1. The van der Waals surface area contributed by atoms with Gasteiger partial charge in [-0.25, -0.2) is 12.7 Å². The number of anilines is 1. The van der Waals surface area contributed by atoms with Crippen LogP contribution in [0.15, 0.2) is 60.0 Å². The van der Waals surface area contributed by atoms with Crippen LogP contribution in [0.1, 0.15) is 12.5 Å². The molecule has 22 heavy (non-hydrogen) atoms. The maximum absolute atomic E-state index is 12.5. The summed E-state index contributed by atoms with van der Waals surface area (Å²) in [6.45, 7) is 1.23. The van der Waals surface area contributed by atoms with Gasteiger partial charge in [0, 0.05) is 10.5 Å². The summed E-state index contributed by atoms with van der Waals surface area (Å²) >= 11 is 2.01. The lowest BCUT2D eigenvalue weighted by Gasteiger charge is -2.20. The van der Waals surface area contributed by atoms with Crippen LogP contribution in [0, 0.1) is 3.57 Å². The highest BCUT2D eigenvalue weighted by Gasteiger charge is 2.25. The highest BCUT2D eigenvalue weighted by molar-refractivity contribution is 14.1. The Morgan fingerprint density at radius 3 is 2.23 bits per heavy atom. The zero-order chi connectivity index (χ0) is 16.2. The maximum Gasteiger partial charge on any atom is 0.264 e. The first-order valence-electron chi connectivity index (χ1n) is 6.45. The smallest absolute Gasteiger partial charge is 0.264 e. The molecule has 0 spiro atoms. The van der Waals surface area contributed by atoms with Crippen LogP contribution in [-0.2, 0) is 14.8 Å². The molecule has 0 saturated carbocycles. The molecule has 2 aromatic rings. The summed E-state index contributed by atoms with van der Waals surface area (Å²) in [4.78, 5) is 11.9. The van der Waals surface area contributed by atoms with Gasteiger partial charge in [-0.1, -0.05) is 42.5 Å². The fourth-order valence-electron chi connectivity index (χ4n) is 1.89. The van der Waals surface area contributed by atoms with Gasteiger partial charge in [-0.15, -0.1) is 0 Å². The number of amides is 1. The molecule has 0 radical (unpaired) electrons. The van der Waals surface area contributed by atoms with E-state index in [1.165, 1.54) is 13.0 Å². The second kappa shape index (κ2) is 7.06. The van der Waals surface area contributed by atoms with Crippen LogP contribution in [0.2, 0.25) is 0 Å². The number of carbonyl (C=O) groups is 1. The van der Waals surface area contributed by atoms with Crippen molar-refractivity contribution in [3.63, 3.8) is 0 Å². The molecule has 4 nitrogen and oxygen atoms in total. The number of rotatable bonds is 4. The lowest BCUT2D eigenvalue weighted by atomic mass is 10.2. The van der Waals surface area contributed by atoms with Crippen molar-refractivity contribution in [2.45, 2.75) is 6.92 Å². The zero-order valence-electron chi connectivity index (χ0n) is 11.8. The van der Waals surface area contributed by atoms with Gasteiger partial charge >= 0.3 is 0 Å². The maximum atomic E-state index is 12.5. The lowest BCUT2D eigenvalue weighted by molar-refractivity contribution is -0.115. The summed E-state index contributed by atoms with van der Waals surface area (Å²) in [7, 11) is -3.90. The Morgan fingerprint density at radius 2 is 1.64 bits per heavy atom. The second-order valence-corrected chi connectivity index (χ2v) is 7.32. The Kier molecular flexibility index (Phi) is 5.36. The molecule has 0 aromatic heterocycles. The first-order chi connectivity index (χ1) is 10.4. The highest BCUT2D eigenvalue weighted by Crippen LogP contribution is 2.25. The fraction of sp³-hybridized carbons (Fsp3) is 0.0625. The third kappa shape index (κ3) is 3.95. The van der Waals surface area contributed by atoms with Crippen molar-refractivity contribution in [1.82, 2.24) is 0 Å². The summed E-state index contributed by atoms with van der Waals surface area (Å²) in [5.74, 6) is -0.554. The number of hydrogen-bond donors (Lipinski definition) is 0. The van der Waals surface area contributed by atoms with Gasteiger partial charge in [-0.3, -0.25) is 4.79 Å². The van der Waals surface area contributed by atoms with Crippen molar-refractivity contribution < 1.29 is 13.2 Å². The molecule has 2 aromatic carbocycles. The summed E-state index contributed by atoms with van der Waals surface area (Å²) in [5.41, 5.74) is 1.10. The van der Waals surface area contributed by atoms with Gasteiger partial charge in [0.25, 0.3) is 10.0 Å². The molecule has 0 atom stereocenters. The summed E-state index contributed by atoms with van der Waals surface area (Å²) in [6.07, 6.45) is 1.47. The first-order valence-corrected chi connectivity index (χ1v) is 9.03. The van der Waals surface area contributed by atoms with Gasteiger partial charge in [0.05, 0.1) is 11.1 Å².